The summed E-state index contributed by atoms with van der Waals surface area (Å²) in [5, 5.41) is 0. The fraction of sp³-hybridized carbons (Fsp3) is 0.611. The predicted octanol–water partition coefficient (Wildman–Crippen LogP) is 4.02. The second-order valence-corrected chi connectivity index (χ2v) is 6.32. The number of carbonyl (C=O) groups excluding carboxylic acids is 1. The predicted molar refractivity (Wildman–Crippen MR) is 84.0 cm³/mol. The number of benzene rings is 1. The zero-order valence-electron chi connectivity index (χ0n) is 12.8. The van der Waals surface area contributed by atoms with Gasteiger partial charge in [0, 0.05) is 18.5 Å². The van der Waals surface area contributed by atoms with E-state index in [2.05, 4.69) is 18.7 Å². The first-order valence-corrected chi connectivity index (χ1v) is 7.97. The maximum absolute atomic E-state index is 12.1. The molecule has 1 fully saturated rings. The Bertz CT molecular complexity index is 413. The average Bonchev–Trinajstić information content (AvgIpc) is 2.71. The van der Waals surface area contributed by atoms with Crippen LogP contribution in [0.4, 0.5) is 0 Å². The van der Waals surface area contributed by atoms with Crippen molar-refractivity contribution in [3.63, 3.8) is 0 Å². The molecule has 1 aromatic carbocycles. The van der Waals surface area contributed by atoms with Gasteiger partial charge < -0.3 is 4.90 Å². The largest absolute Gasteiger partial charge is 0.303 e. The molecule has 2 nitrogen and oxygen atoms in total. The van der Waals surface area contributed by atoms with Crippen molar-refractivity contribution in [2.24, 2.45) is 11.8 Å². The van der Waals surface area contributed by atoms with E-state index in [0.29, 0.717) is 6.42 Å². The normalized spacial score (nSPS) is 20.9. The summed E-state index contributed by atoms with van der Waals surface area (Å²) in [7, 11) is 0. The molecule has 1 aromatic rings. The Labute approximate surface area is 123 Å². The minimum Gasteiger partial charge on any atom is -0.303 e. The molecule has 20 heavy (non-hydrogen) atoms. The van der Waals surface area contributed by atoms with Crippen LogP contribution in [0, 0.1) is 11.8 Å². The summed E-state index contributed by atoms with van der Waals surface area (Å²) in [6.45, 7) is 7.90. The van der Waals surface area contributed by atoms with E-state index in [-0.39, 0.29) is 5.78 Å². The molecular weight excluding hydrogens is 246 g/mol. The van der Waals surface area contributed by atoms with Crippen LogP contribution in [0.25, 0.3) is 0 Å². The maximum atomic E-state index is 12.1. The summed E-state index contributed by atoms with van der Waals surface area (Å²) in [5.41, 5.74) is 0.849. The Balaban J connectivity index is 1.78. The van der Waals surface area contributed by atoms with Gasteiger partial charge in [-0.25, -0.2) is 0 Å². The highest BCUT2D eigenvalue weighted by Crippen LogP contribution is 2.24. The fourth-order valence-electron chi connectivity index (χ4n) is 3.10. The Morgan fingerprint density at radius 1 is 1.20 bits per heavy atom. The molecule has 0 aliphatic carbocycles. The van der Waals surface area contributed by atoms with Crippen LogP contribution in [0.5, 0.6) is 0 Å². The number of Topliss-reactive ketones (excluding diaryl/α,β-unsaturated/α-hetero) is 1. The zero-order valence-corrected chi connectivity index (χ0v) is 12.8. The summed E-state index contributed by atoms with van der Waals surface area (Å²) >= 11 is 0. The van der Waals surface area contributed by atoms with Crippen LogP contribution < -0.4 is 0 Å². The minimum atomic E-state index is 0.273. The number of hydrogen-bond donors (Lipinski definition) is 0. The second-order valence-electron chi connectivity index (χ2n) is 6.32. The van der Waals surface area contributed by atoms with Crippen LogP contribution >= 0.6 is 0 Å². The van der Waals surface area contributed by atoms with Gasteiger partial charge in [0.2, 0.25) is 0 Å². The second kappa shape index (κ2) is 7.58. The average molecular weight is 273 g/mol. The van der Waals surface area contributed by atoms with E-state index in [1.54, 1.807) is 0 Å². The highest BCUT2D eigenvalue weighted by atomic mass is 16.1. The number of carbonyl (C=O) groups is 1. The first-order chi connectivity index (χ1) is 9.66. The molecule has 0 aromatic heterocycles. The van der Waals surface area contributed by atoms with Crippen molar-refractivity contribution >= 4 is 5.78 Å². The van der Waals surface area contributed by atoms with Gasteiger partial charge in [0.05, 0.1) is 0 Å². The van der Waals surface area contributed by atoms with Gasteiger partial charge in [0.1, 0.15) is 0 Å². The number of ketones is 1. The third kappa shape index (κ3) is 4.45. The van der Waals surface area contributed by atoms with Gasteiger partial charge in [-0.1, -0.05) is 44.2 Å². The molecule has 0 saturated carbocycles. The van der Waals surface area contributed by atoms with E-state index in [4.69, 9.17) is 0 Å². The van der Waals surface area contributed by atoms with Gasteiger partial charge in [-0.05, 0) is 44.2 Å². The van der Waals surface area contributed by atoms with Crippen molar-refractivity contribution in [2.45, 2.75) is 39.5 Å². The van der Waals surface area contributed by atoms with E-state index in [9.17, 15) is 4.79 Å². The molecule has 0 N–H and O–H groups in total. The molecule has 110 valence electrons. The minimum absolute atomic E-state index is 0.273. The van der Waals surface area contributed by atoms with E-state index in [1.165, 1.54) is 19.3 Å². The maximum Gasteiger partial charge on any atom is 0.164 e. The van der Waals surface area contributed by atoms with Gasteiger partial charge in [0.25, 0.3) is 0 Å². The summed E-state index contributed by atoms with van der Waals surface area (Å²) < 4.78 is 0. The molecule has 0 radical (unpaired) electrons. The molecule has 2 heteroatoms. The SMILES string of the molecule is CC(C)C1CCCN(CCC(=O)c2ccccc2)CC1. The van der Waals surface area contributed by atoms with Crippen molar-refractivity contribution < 1.29 is 4.79 Å². The first-order valence-electron chi connectivity index (χ1n) is 7.97. The molecule has 1 unspecified atom stereocenters. The zero-order chi connectivity index (χ0) is 14.4. The Kier molecular flexibility index (Phi) is 5.78. The Morgan fingerprint density at radius 2 is 1.95 bits per heavy atom. The Hall–Kier alpha value is -1.15. The topological polar surface area (TPSA) is 20.3 Å². The fourth-order valence-corrected chi connectivity index (χ4v) is 3.10. The number of likely N-dealkylation sites (tertiary alicyclic amines) is 1. The van der Waals surface area contributed by atoms with Crippen LogP contribution in [-0.2, 0) is 0 Å². The third-order valence-corrected chi connectivity index (χ3v) is 4.56. The molecule has 1 aliphatic heterocycles. The molecule has 2 rings (SSSR count). The van der Waals surface area contributed by atoms with E-state index < -0.39 is 0 Å². The van der Waals surface area contributed by atoms with Gasteiger partial charge in [-0.3, -0.25) is 4.79 Å². The molecule has 1 atom stereocenters. The quantitative estimate of drug-likeness (QED) is 0.755. The smallest absolute Gasteiger partial charge is 0.164 e. The lowest BCUT2D eigenvalue weighted by molar-refractivity contribution is 0.0964. The summed E-state index contributed by atoms with van der Waals surface area (Å²) in [4.78, 5) is 14.6. The number of nitrogens with zero attached hydrogens (tertiary/aromatic N) is 1. The first kappa shape index (κ1) is 15.2. The standard InChI is InChI=1S/C18H27NO/c1-15(2)16-9-6-12-19(13-10-16)14-11-18(20)17-7-4-3-5-8-17/h3-5,7-8,15-16H,6,9-14H2,1-2H3. The lowest BCUT2D eigenvalue weighted by atomic mass is 9.89. The Morgan fingerprint density at radius 3 is 2.65 bits per heavy atom. The highest BCUT2D eigenvalue weighted by Gasteiger charge is 2.19. The third-order valence-electron chi connectivity index (χ3n) is 4.56. The molecular formula is C18H27NO. The molecule has 0 bridgehead atoms. The van der Waals surface area contributed by atoms with Gasteiger partial charge in [0.15, 0.2) is 5.78 Å². The molecule has 0 amide bonds. The lowest BCUT2D eigenvalue weighted by Gasteiger charge is -2.20. The van der Waals surface area contributed by atoms with E-state index >= 15 is 0 Å². The van der Waals surface area contributed by atoms with Gasteiger partial charge >= 0.3 is 0 Å². The number of rotatable bonds is 5. The van der Waals surface area contributed by atoms with Crippen molar-refractivity contribution in [3.8, 4) is 0 Å². The molecule has 1 saturated heterocycles. The van der Waals surface area contributed by atoms with Crippen LogP contribution in [0.2, 0.25) is 0 Å². The molecule has 1 aliphatic rings. The van der Waals surface area contributed by atoms with Crippen molar-refractivity contribution in [3.05, 3.63) is 35.9 Å². The lowest BCUT2D eigenvalue weighted by Crippen LogP contribution is -2.27. The number of hydrogen-bond acceptors (Lipinski definition) is 2. The van der Waals surface area contributed by atoms with Crippen molar-refractivity contribution in [1.29, 1.82) is 0 Å². The van der Waals surface area contributed by atoms with E-state index in [0.717, 1.165) is 37.0 Å². The van der Waals surface area contributed by atoms with E-state index in [1.807, 2.05) is 30.3 Å². The van der Waals surface area contributed by atoms with Crippen LogP contribution in [0.1, 0.15) is 49.9 Å². The summed E-state index contributed by atoms with van der Waals surface area (Å²) in [6, 6.07) is 9.66. The summed E-state index contributed by atoms with van der Waals surface area (Å²) in [5.74, 6) is 1.93. The van der Waals surface area contributed by atoms with Gasteiger partial charge in [-0.2, -0.15) is 0 Å². The molecule has 0 spiro atoms. The van der Waals surface area contributed by atoms with Crippen LogP contribution in [0.15, 0.2) is 30.3 Å². The van der Waals surface area contributed by atoms with Crippen molar-refractivity contribution in [1.82, 2.24) is 4.90 Å². The van der Waals surface area contributed by atoms with Crippen LogP contribution in [-0.4, -0.2) is 30.3 Å². The monoisotopic (exact) mass is 273 g/mol. The highest BCUT2D eigenvalue weighted by molar-refractivity contribution is 5.96. The van der Waals surface area contributed by atoms with Crippen molar-refractivity contribution in [2.75, 3.05) is 19.6 Å². The van der Waals surface area contributed by atoms with Gasteiger partial charge in [-0.15, -0.1) is 0 Å². The van der Waals surface area contributed by atoms with Crippen LogP contribution in [0.3, 0.4) is 0 Å². The molecule has 1 heterocycles. The summed E-state index contributed by atoms with van der Waals surface area (Å²) in [6.07, 6.45) is 4.57.